The topological polar surface area (TPSA) is 129 Å². The third-order valence-electron chi connectivity index (χ3n) is 13.1. The van der Waals surface area contributed by atoms with Crippen molar-refractivity contribution >= 4 is 50.0 Å². The quantitative estimate of drug-likeness (QED) is 0.0880. The first-order chi connectivity index (χ1) is 28.6. The number of amides is 1. The SMILES string of the molecule is CNCCCCN(c1cc(C)c(Nc2nc3ccccc3s2)nn1)c1ccc(-c2cnn(CC34CC5(OCCN(C)C)C[C@](C)(C3)C[C@](C)(C4)C5)c2C)c(C(=O)N(C)C)n1. The van der Waals surface area contributed by atoms with Gasteiger partial charge in [-0.05, 0) is 145 Å². The first kappa shape index (κ1) is 42.2. The van der Waals surface area contributed by atoms with Crippen molar-refractivity contribution in [2.75, 3.05) is 71.7 Å². The minimum absolute atomic E-state index is 0.0850. The molecule has 2 unspecified atom stereocenters. The molecule has 4 aliphatic rings. The van der Waals surface area contributed by atoms with Gasteiger partial charge in [0.15, 0.2) is 16.8 Å². The Morgan fingerprint density at radius 3 is 2.35 bits per heavy atom. The van der Waals surface area contributed by atoms with Crippen LogP contribution in [0.25, 0.3) is 21.3 Å². The zero-order valence-electron chi connectivity index (χ0n) is 37.1. The number of aromatic nitrogens is 6. The van der Waals surface area contributed by atoms with Crippen LogP contribution in [0.2, 0.25) is 0 Å². The van der Waals surface area contributed by atoms with Gasteiger partial charge in [-0.25, -0.2) is 9.97 Å². The molecule has 60 heavy (non-hydrogen) atoms. The predicted molar refractivity (Wildman–Crippen MR) is 242 cm³/mol. The van der Waals surface area contributed by atoms with E-state index in [9.17, 15) is 4.79 Å². The van der Waals surface area contributed by atoms with Gasteiger partial charge in [-0.3, -0.25) is 9.48 Å². The van der Waals surface area contributed by atoms with Crippen molar-refractivity contribution in [1.82, 2.24) is 45.1 Å². The van der Waals surface area contributed by atoms with Crippen molar-refractivity contribution in [2.24, 2.45) is 16.2 Å². The standard InChI is InChI=1S/C46H63N11O2S/c1-31-22-38(52-53-40(31)51-42-49-35-14-10-11-15-36(35)60-42)56(19-13-12-18-47-5)37-17-16-33(39(50-37)41(58)55(8)9)34-23-48-57(32(34)2)30-45-25-43(3)24-44(4,26-45)28-46(27-43,29-45)59-21-20-54(6)7/h10-11,14-17,22-23,47H,12-13,18-21,24-30H2,1-9H3,(H,49,51,53)/t43-,44+,45?,46?. The third-order valence-corrected chi connectivity index (χ3v) is 14.0. The molecule has 4 bridgehead atoms. The second kappa shape index (κ2) is 16.4. The summed E-state index contributed by atoms with van der Waals surface area (Å²) in [6, 6.07) is 14.2. The van der Waals surface area contributed by atoms with E-state index in [0.29, 0.717) is 29.7 Å². The van der Waals surface area contributed by atoms with Crippen LogP contribution in [-0.2, 0) is 11.3 Å². The number of hydrogen-bond donors (Lipinski definition) is 2. The lowest BCUT2D eigenvalue weighted by Gasteiger charge is -2.69. The normalized spacial score (nSPS) is 24.4. The van der Waals surface area contributed by atoms with Crippen molar-refractivity contribution in [1.29, 1.82) is 0 Å². The summed E-state index contributed by atoms with van der Waals surface area (Å²) in [4.78, 5) is 29.9. The fourth-order valence-electron chi connectivity index (χ4n) is 11.6. The van der Waals surface area contributed by atoms with E-state index >= 15 is 0 Å². The molecule has 14 heteroatoms. The number of likely N-dealkylation sites (N-methyl/N-ethyl adjacent to an activating group) is 1. The van der Waals surface area contributed by atoms with E-state index in [1.54, 1.807) is 30.3 Å². The Balaban J connectivity index is 1.09. The van der Waals surface area contributed by atoms with Crippen LogP contribution >= 0.6 is 11.3 Å². The van der Waals surface area contributed by atoms with E-state index in [1.807, 2.05) is 56.6 Å². The summed E-state index contributed by atoms with van der Waals surface area (Å²) in [5.74, 6) is 1.80. The average Bonchev–Trinajstić information content (AvgIpc) is 3.75. The van der Waals surface area contributed by atoms with Gasteiger partial charge in [-0.15, -0.1) is 10.2 Å². The van der Waals surface area contributed by atoms with Gasteiger partial charge in [0.05, 0.1) is 28.6 Å². The number of ether oxygens (including phenoxy) is 1. The first-order valence-electron chi connectivity index (χ1n) is 21.5. The minimum Gasteiger partial charge on any atom is -0.374 e. The van der Waals surface area contributed by atoms with E-state index < -0.39 is 0 Å². The van der Waals surface area contributed by atoms with Crippen LogP contribution in [0.3, 0.4) is 0 Å². The number of aryl methyl sites for hydroxylation is 1. The molecule has 9 rings (SSSR count). The molecule has 5 aromatic rings. The average molecular weight is 834 g/mol. The van der Waals surface area contributed by atoms with Crippen LogP contribution in [0.5, 0.6) is 0 Å². The number of thiazole rings is 1. The predicted octanol–water partition coefficient (Wildman–Crippen LogP) is 8.24. The number of carbonyl (C=O) groups is 1. The van der Waals surface area contributed by atoms with Crippen molar-refractivity contribution < 1.29 is 9.53 Å². The minimum atomic E-state index is -0.162. The maximum absolute atomic E-state index is 14.1. The van der Waals surface area contributed by atoms with Crippen LogP contribution in [-0.4, -0.2) is 113 Å². The lowest BCUT2D eigenvalue weighted by atomic mass is 9.39. The van der Waals surface area contributed by atoms with Gasteiger partial charge < -0.3 is 30.1 Å². The van der Waals surface area contributed by atoms with Gasteiger partial charge in [-0.1, -0.05) is 37.3 Å². The van der Waals surface area contributed by atoms with Gasteiger partial charge in [-0.2, -0.15) is 5.10 Å². The summed E-state index contributed by atoms with van der Waals surface area (Å²) in [6.45, 7) is 13.3. The Kier molecular flexibility index (Phi) is 11.5. The van der Waals surface area contributed by atoms with Crippen LogP contribution in [0.4, 0.5) is 22.6 Å². The fraction of sp³-hybridized carbons (Fsp3) is 0.565. The molecule has 4 fully saturated rings. The molecule has 13 nitrogen and oxygen atoms in total. The second-order valence-corrected chi connectivity index (χ2v) is 20.4. The number of anilines is 4. The maximum atomic E-state index is 14.1. The van der Waals surface area contributed by atoms with E-state index in [0.717, 1.165) is 96.1 Å². The molecule has 2 N–H and O–H groups in total. The molecule has 4 aliphatic carbocycles. The number of hydrogen-bond acceptors (Lipinski definition) is 12. The molecular weight excluding hydrogens is 771 g/mol. The highest BCUT2D eigenvalue weighted by Crippen LogP contribution is 2.72. The highest BCUT2D eigenvalue weighted by atomic mass is 32.1. The molecule has 0 radical (unpaired) electrons. The fourth-order valence-corrected chi connectivity index (χ4v) is 12.5. The smallest absolute Gasteiger partial charge is 0.272 e. The van der Waals surface area contributed by atoms with E-state index in [1.165, 1.54) is 19.3 Å². The molecule has 1 aromatic carbocycles. The van der Waals surface area contributed by atoms with E-state index in [2.05, 4.69) is 71.1 Å². The lowest BCUT2D eigenvalue weighted by molar-refractivity contribution is -0.248. The van der Waals surface area contributed by atoms with Gasteiger partial charge in [0.1, 0.15) is 11.5 Å². The number of benzene rings is 1. The van der Waals surface area contributed by atoms with Gasteiger partial charge in [0, 0.05) is 50.6 Å². The number of nitrogens with one attached hydrogen (secondary N) is 2. The van der Waals surface area contributed by atoms with Gasteiger partial charge in [0.2, 0.25) is 0 Å². The van der Waals surface area contributed by atoms with Gasteiger partial charge >= 0.3 is 0 Å². The Hall–Kier alpha value is -4.50. The van der Waals surface area contributed by atoms with Crippen LogP contribution < -0.4 is 15.5 Å². The molecule has 0 saturated heterocycles. The molecule has 4 aromatic heterocycles. The molecule has 4 atom stereocenters. The highest BCUT2D eigenvalue weighted by molar-refractivity contribution is 7.22. The monoisotopic (exact) mass is 833 g/mol. The Labute approximate surface area is 359 Å². The van der Waals surface area contributed by atoms with Crippen molar-refractivity contribution in [2.45, 2.75) is 91.2 Å². The number of unbranched alkanes of at least 4 members (excludes halogenated alkanes) is 1. The number of pyridine rings is 1. The Morgan fingerprint density at radius 2 is 1.65 bits per heavy atom. The zero-order chi connectivity index (χ0) is 42.5. The first-order valence-corrected chi connectivity index (χ1v) is 22.4. The molecule has 0 aliphatic heterocycles. The Morgan fingerprint density at radius 1 is 0.883 bits per heavy atom. The summed E-state index contributed by atoms with van der Waals surface area (Å²) in [5, 5.41) is 21.8. The van der Waals surface area contributed by atoms with Crippen LogP contribution in [0.1, 0.15) is 87.0 Å². The van der Waals surface area contributed by atoms with E-state index in [-0.39, 0.29) is 27.8 Å². The van der Waals surface area contributed by atoms with E-state index in [4.69, 9.17) is 24.9 Å². The van der Waals surface area contributed by atoms with Crippen LogP contribution in [0.15, 0.2) is 48.7 Å². The maximum Gasteiger partial charge on any atom is 0.272 e. The molecule has 4 heterocycles. The summed E-state index contributed by atoms with van der Waals surface area (Å²) < 4.78 is 10.2. The van der Waals surface area contributed by atoms with Crippen molar-refractivity contribution in [3.05, 3.63) is 65.6 Å². The number of para-hydroxylation sites is 1. The third kappa shape index (κ3) is 8.53. The molecule has 1 amide bonds. The number of rotatable bonds is 17. The molecule has 4 saturated carbocycles. The summed E-state index contributed by atoms with van der Waals surface area (Å²) in [5.41, 5.74) is 5.55. The van der Waals surface area contributed by atoms with Crippen LogP contribution in [0, 0.1) is 30.1 Å². The lowest BCUT2D eigenvalue weighted by Crippen LogP contribution is -2.64. The molecule has 0 spiro atoms. The zero-order valence-corrected chi connectivity index (χ0v) is 37.9. The highest BCUT2D eigenvalue weighted by Gasteiger charge is 2.66. The number of nitrogens with zero attached hydrogens (tertiary/aromatic N) is 9. The Bertz CT molecular complexity index is 2300. The largest absolute Gasteiger partial charge is 0.374 e. The molecule has 320 valence electrons. The van der Waals surface area contributed by atoms with Gasteiger partial charge in [0.25, 0.3) is 5.91 Å². The second-order valence-electron chi connectivity index (χ2n) is 19.4. The summed E-state index contributed by atoms with van der Waals surface area (Å²) in [7, 11) is 9.77. The number of carbonyl (C=O) groups excluding carboxylic acids is 1. The van der Waals surface area contributed by atoms with Crippen molar-refractivity contribution in [3.8, 4) is 11.1 Å². The summed E-state index contributed by atoms with van der Waals surface area (Å²) in [6.07, 6.45) is 10.8. The number of fused-ring (bicyclic) bond motifs is 1. The molecular formula is C46H63N11O2S. The summed E-state index contributed by atoms with van der Waals surface area (Å²) >= 11 is 1.58. The van der Waals surface area contributed by atoms with Crippen molar-refractivity contribution in [3.63, 3.8) is 0 Å².